The predicted molar refractivity (Wildman–Crippen MR) is 71.2 cm³/mol. The molecule has 0 aliphatic heterocycles. The molecule has 0 aliphatic rings. The van der Waals surface area contributed by atoms with Crippen LogP contribution in [0.25, 0.3) is 0 Å². The Morgan fingerprint density at radius 1 is 1.00 bits per heavy atom. The molecule has 18 heavy (non-hydrogen) atoms. The summed E-state index contributed by atoms with van der Waals surface area (Å²) in [6.07, 6.45) is 0. The van der Waals surface area contributed by atoms with Crippen molar-refractivity contribution in [3.63, 3.8) is 0 Å². The number of ether oxygens (including phenoxy) is 1. The van der Waals surface area contributed by atoms with Gasteiger partial charge in [-0.2, -0.15) is 0 Å². The molecule has 2 amide bonds. The average Bonchev–Trinajstić information content (AvgIpc) is 2.34. The Balaban J connectivity index is 2.06. The first-order valence-electron chi connectivity index (χ1n) is 5.23. The largest absolute Gasteiger partial charge is 0.457 e. The second-order valence-corrected chi connectivity index (χ2v) is 4.01. The van der Waals surface area contributed by atoms with Gasteiger partial charge in [0, 0.05) is 10.7 Å². The Morgan fingerprint density at radius 3 is 2.00 bits per heavy atom. The highest BCUT2D eigenvalue weighted by atomic mass is 35.5. The number of carbonyl (C=O) groups is 1. The van der Waals surface area contributed by atoms with Gasteiger partial charge in [0.25, 0.3) is 0 Å². The number of benzene rings is 2. The number of rotatable bonds is 3. The Morgan fingerprint density at radius 2 is 1.50 bits per heavy atom. The van der Waals surface area contributed by atoms with E-state index < -0.39 is 6.03 Å². The highest BCUT2D eigenvalue weighted by Gasteiger charge is 1.99. The molecule has 5 heteroatoms. The monoisotopic (exact) mass is 262 g/mol. The lowest BCUT2D eigenvalue weighted by Crippen LogP contribution is -2.19. The summed E-state index contributed by atoms with van der Waals surface area (Å²) in [6.45, 7) is 0. The SMILES string of the molecule is NC(=O)Nc1ccc(Oc2ccc(Cl)cc2)cc1. The summed E-state index contributed by atoms with van der Waals surface area (Å²) in [4.78, 5) is 10.6. The highest BCUT2D eigenvalue weighted by molar-refractivity contribution is 6.30. The maximum absolute atomic E-state index is 10.6. The molecule has 92 valence electrons. The van der Waals surface area contributed by atoms with Gasteiger partial charge in [-0.1, -0.05) is 11.6 Å². The maximum atomic E-state index is 10.6. The van der Waals surface area contributed by atoms with Gasteiger partial charge < -0.3 is 15.8 Å². The summed E-state index contributed by atoms with van der Waals surface area (Å²) in [5.74, 6) is 1.35. The number of nitrogens with one attached hydrogen (secondary N) is 1. The van der Waals surface area contributed by atoms with Gasteiger partial charge in [0.05, 0.1) is 0 Å². The minimum atomic E-state index is -0.596. The molecule has 2 aromatic rings. The number of carbonyl (C=O) groups excluding carboxylic acids is 1. The molecular weight excluding hydrogens is 252 g/mol. The normalized spacial score (nSPS) is 9.83. The van der Waals surface area contributed by atoms with E-state index in [9.17, 15) is 4.79 Å². The standard InChI is InChI=1S/C13H11ClN2O2/c14-9-1-5-11(6-2-9)18-12-7-3-10(4-8-12)16-13(15)17/h1-8H,(H3,15,16,17). The third-order valence-corrected chi connectivity index (χ3v) is 2.42. The molecule has 0 saturated heterocycles. The molecule has 0 atom stereocenters. The number of anilines is 1. The van der Waals surface area contributed by atoms with E-state index >= 15 is 0 Å². The molecule has 2 rings (SSSR count). The van der Waals surface area contributed by atoms with Crippen molar-refractivity contribution in [3.05, 3.63) is 53.6 Å². The van der Waals surface area contributed by atoms with E-state index in [4.69, 9.17) is 22.1 Å². The van der Waals surface area contributed by atoms with Crippen LogP contribution >= 0.6 is 11.6 Å². The lowest BCUT2D eigenvalue weighted by molar-refractivity contribution is 0.259. The van der Waals surface area contributed by atoms with Crippen molar-refractivity contribution in [2.45, 2.75) is 0 Å². The minimum absolute atomic E-state index is 0.596. The second-order valence-electron chi connectivity index (χ2n) is 3.57. The first-order valence-corrected chi connectivity index (χ1v) is 5.61. The maximum Gasteiger partial charge on any atom is 0.316 e. The fourth-order valence-electron chi connectivity index (χ4n) is 1.39. The molecular formula is C13H11ClN2O2. The van der Waals surface area contributed by atoms with Crippen LogP contribution in [-0.4, -0.2) is 6.03 Å². The van der Waals surface area contributed by atoms with Crippen LogP contribution in [0.15, 0.2) is 48.5 Å². The van der Waals surface area contributed by atoms with Crippen molar-refractivity contribution >= 4 is 23.3 Å². The van der Waals surface area contributed by atoms with Gasteiger partial charge in [0.1, 0.15) is 11.5 Å². The number of hydrogen-bond acceptors (Lipinski definition) is 2. The number of nitrogens with two attached hydrogens (primary N) is 1. The fourth-order valence-corrected chi connectivity index (χ4v) is 1.51. The molecule has 0 fully saturated rings. The van der Waals surface area contributed by atoms with E-state index in [0.717, 1.165) is 0 Å². The minimum Gasteiger partial charge on any atom is -0.457 e. The van der Waals surface area contributed by atoms with Crippen molar-refractivity contribution in [1.82, 2.24) is 0 Å². The zero-order valence-corrected chi connectivity index (χ0v) is 10.1. The molecule has 0 aliphatic carbocycles. The van der Waals surface area contributed by atoms with Gasteiger partial charge in [-0.25, -0.2) is 4.79 Å². The first-order chi connectivity index (χ1) is 8.63. The highest BCUT2D eigenvalue weighted by Crippen LogP contribution is 2.24. The van der Waals surface area contributed by atoms with Crippen LogP contribution in [0, 0.1) is 0 Å². The summed E-state index contributed by atoms with van der Waals surface area (Å²) in [6, 6.07) is 13.3. The molecule has 3 N–H and O–H groups in total. The summed E-state index contributed by atoms with van der Waals surface area (Å²) in [5.41, 5.74) is 5.62. The third-order valence-electron chi connectivity index (χ3n) is 2.17. The zero-order chi connectivity index (χ0) is 13.0. The predicted octanol–water partition coefficient (Wildman–Crippen LogP) is 3.62. The molecule has 0 bridgehead atoms. The Kier molecular flexibility index (Phi) is 3.69. The Labute approximate surface area is 109 Å². The van der Waals surface area contributed by atoms with Crippen molar-refractivity contribution in [2.24, 2.45) is 5.73 Å². The molecule has 0 heterocycles. The second kappa shape index (κ2) is 5.42. The number of urea groups is 1. The van der Waals surface area contributed by atoms with Gasteiger partial charge in [0.15, 0.2) is 0 Å². The van der Waals surface area contributed by atoms with Gasteiger partial charge in [-0.3, -0.25) is 0 Å². The zero-order valence-electron chi connectivity index (χ0n) is 9.39. The lowest BCUT2D eigenvalue weighted by atomic mass is 10.3. The smallest absolute Gasteiger partial charge is 0.316 e. The summed E-state index contributed by atoms with van der Waals surface area (Å²) in [5, 5.41) is 3.13. The van der Waals surface area contributed by atoms with E-state index in [0.29, 0.717) is 22.2 Å². The third kappa shape index (κ3) is 3.40. The number of hydrogen-bond donors (Lipinski definition) is 2. The summed E-state index contributed by atoms with van der Waals surface area (Å²) >= 11 is 5.78. The molecule has 0 radical (unpaired) electrons. The van der Waals surface area contributed by atoms with Gasteiger partial charge in [0.2, 0.25) is 0 Å². The van der Waals surface area contributed by atoms with Crippen LogP contribution in [0.3, 0.4) is 0 Å². The van der Waals surface area contributed by atoms with E-state index in [-0.39, 0.29) is 0 Å². The quantitative estimate of drug-likeness (QED) is 0.887. The first kappa shape index (κ1) is 12.3. The number of primary amides is 1. The van der Waals surface area contributed by atoms with E-state index in [1.165, 1.54) is 0 Å². The molecule has 2 aromatic carbocycles. The Hall–Kier alpha value is -2.20. The van der Waals surface area contributed by atoms with E-state index in [2.05, 4.69) is 5.32 Å². The van der Waals surface area contributed by atoms with Crippen molar-refractivity contribution in [1.29, 1.82) is 0 Å². The summed E-state index contributed by atoms with van der Waals surface area (Å²) < 4.78 is 5.59. The summed E-state index contributed by atoms with van der Waals surface area (Å²) in [7, 11) is 0. The van der Waals surface area contributed by atoms with Gasteiger partial charge >= 0.3 is 6.03 Å². The van der Waals surface area contributed by atoms with Crippen LogP contribution in [-0.2, 0) is 0 Å². The van der Waals surface area contributed by atoms with E-state index in [1.54, 1.807) is 48.5 Å². The lowest BCUT2D eigenvalue weighted by Gasteiger charge is -2.07. The fraction of sp³-hybridized carbons (Fsp3) is 0. The van der Waals surface area contributed by atoms with Crippen LogP contribution in [0.1, 0.15) is 0 Å². The van der Waals surface area contributed by atoms with Crippen LogP contribution in [0.2, 0.25) is 5.02 Å². The molecule has 0 spiro atoms. The number of amides is 2. The van der Waals surface area contributed by atoms with Gasteiger partial charge in [-0.05, 0) is 48.5 Å². The van der Waals surface area contributed by atoms with Crippen LogP contribution in [0.4, 0.5) is 10.5 Å². The molecule has 0 saturated carbocycles. The van der Waals surface area contributed by atoms with Crippen LogP contribution < -0.4 is 15.8 Å². The van der Waals surface area contributed by atoms with Crippen molar-refractivity contribution in [2.75, 3.05) is 5.32 Å². The number of halogens is 1. The molecule has 0 aromatic heterocycles. The Bertz CT molecular complexity index is 538. The molecule has 0 unspecified atom stereocenters. The van der Waals surface area contributed by atoms with E-state index in [1.807, 2.05) is 0 Å². The van der Waals surface area contributed by atoms with Crippen molar-refractivity contribution in [3.8, 4) is 11.5 Å². The van der Waals surface area contributed by atoms with Crippen molar-refractivity contribution < 1.29 is 9.53 Å². The molecule has 4 nitrogen and oxygen atoms in total. The van der Waals surface area contributed by atoms with Gasteiger partial charge in [-0.15, -0.1) is 0 Å². The average molecular weight is 263 g/mol. The van der Waals surface area contributed by atoms with Crippen LogP contribution in [0.5, 0.6) is 11.5 Å². The topological polar surface area (TPSA) is 64.4 Å².